The van der Waals surface area contributed by atoms with Gasteiger partial charge in [-0.05, 0) is 48.0 Å². The highest BCUT2D eigenvalue weighted by Crippen LogP contribution is 2.23. The van der Waals surface area contributed by atoms with E-state index < -0.39 is 5.91 Å². The fraction of sp³-hybridized carbons (Fsp3) is 0.0455. The van der Waals surface area contributed by atoms with Gasteiger partial charge in [-0.2, -0.15) is 0 Å². The Morgan fingerprint density at radius 2 is 1.55 bits per heavy atom. The number of nitrogens with one attached hydrogen (secondary N) is 1. The van der Waals surface area contributed by atoms with Crippen LogP contribution in [0.1, 0.15) is 21.5 Å². The molecule has 5 nitrogen and oxygen atoms in total. The zero-order valence-electron chi connectivity index (χ0n) is 15.4. The molecule has 0 fully saturated rings. The van der Waals surface area contributed by atoms with Crippen LogP contribution in [0.4, 0.5) is 0 Å². The van der Waals surface area contributed by atoms with Crippen molar-refractivity contribution in [3.63, 3.8) is 0 Å². The molecule has 0 aliphatic heterocycles. The van der Waals surface area contributed by atoms with Crippen LogP contribution in [0.5, 0.6) is 0 Å². The van der Waals surface area contributed by atoms with Gasteiger partial charge in [-0.25, -0.2) is 0 Å². The normalized spacial score (nSPS) is 10.1. The van der Waals surface area contributed by atoms with E-state index in [2.05, 4.69) is 10.3 Å². The van der Waals surface area contributed by atoms with Gasteiger partial charge in [0.25, 0.3) is 5.91 Å². The number of benzene rings is 2. The second-order valence-electron chi connectivity index (χ2n) is 5.77. The Labute approximate surface area is 179 Å². The smallest absolute Gasteiger partial charge is 0.251 e. The summed E-state index contributed by atoms with van der Waals surface area (Å²) >= 11 is 12.0. The summed E-state index contributed by atoms with van der Waals surface area (Å²) in [6, 6.07) is 17.9. The molecule has 0 aliphatic carbocycles. The first kappa shape index (κ1) is 22.1. The number of carbonyl (C=O) groups excluding carboxylic acids is 2. The molecule has 0 aliphatic rings. The van der Waals surface area contributed by atoms with Gasteiger partial charge in [-0.3, -0.25) is 14.6 Å². The molecule has 0 bridgehead atoms. The Morgan fingerprint density at radius 3 is 2.14 bits per heavy atom. The second kappa shape index (κ2) is 11.6. The van der Waals surface area contributed by atoms with Gasteiger partial charge in [0.1, 0.15) is 0 Å². The van der Waals surface area contributed by atoms with E-state index in [1.807, 2.05) is 18.2 Å². The summed E-state index contributed by atoms with van der Waals surface area (Å²) in [6.45, 7) is 0.312. The highest BCUT2D eigenvalue weighted by molar-refractivity contribution is 6.36. The molecule has 0 atom stereocenters. The summed E-state index contributed by atoms with van der Waals surface area (Å²) in [5, 5.41) is 3.89. The lowest BCUT2D eigenvalue weighted by atomic mass is 10.2. The number of hydrogen-bond donors (Lipinski definition) is 2. The number of nitrogens with two attached hydrogens (primary N) is 1. The maximum Gasteiger partial charge on any atom is 0.251 e. The Bertz CT molecular complexity index is 958. The van der Waals surface area contributed by atoms with E-state index in [-0.39, 0.29) is 5.91 Å². The quantitative estimate of drug-likeness (QED) is 0.587. The van der Waals surface area contributed by atoms with Crippen molar-refractivity contribution in [1.82, 2.24) is 10.3 Å². The molecule has 2 amide bonds. The minimum Gasteiger partial charge on any atom is -0.366 e. The van der Waals surface area contributed by atoms with Crippen LogP contribution in [-0.4, -0.2) is 16.8 Å². The van der Waals surface area contributed by atoms with Gasteiger partial charge < -0.3 is 11.1 Å². The third kappa shape index (κ3) is 7.78. The average Bonchev–Trinajstić information content (AvgIpc) is 2.73. The number of hydrogen-bond acceptors (Lipinski definition) is 3. The first-order chi connectivity index (χ1) is 14.0. The molecule has 3 aromatic rings. The van der Waals surface area contributed by atoms with Crippen molar-refractivity contribution < 1.29 is 9.59 Å². The summed E-state index contributed by atoms with van der Waals surface area (Å²) in [6.07, 6.45) is 6.26. The van der Waals surface area contributed by atoms with Crippen LogP contribution >= 0.6 is 23.2 Å². The van der Waals surface area contributed by atoms with Crippen LogP contribution in [0.15, 0.2) is 79.1 Å². The van der Waals surface area contributed by atoms with Crippen molar-refractivity contribution in [2.24, 2.45) is 5.73 Å². The molecule has 148 valence electrons. The number of rotatable bonds is 5. The van der Waals surface area contributed by atoms with Crippen LogP contribution in [0.25, 0.3) is 6.08 Å². The molecule has 7 heteroatoms. The van der Waals surface area contributed by atoms with Crippen molar-refractivity contribution in [3.05, 3.63) is 106 Å². The van der Waals surface area contributed by atoms with E-state index >= 15 is 0 Å². The zero-order valence-corrected chi connectivity index (χ0v) is 16.9. The lowest BCUT2D eigenvalue weighted by Crippen LogP contribution is -2.23. The minimum absolute atomic E-state index is 0.147. The molecule has 1 aromatic heterocycles. The van der Waals surface area contributed by atoms with Crippen molar-refractivity contribution >= 4 is 41.1 Å². The second-order valence-corrected chi connectivity index (χ2v) is 6.58. The Balaban J connectivity index is 0.000000234. The third-order valence-corrected chi connectivity index (χ3v) is 4.38. The first-order valence-corrected chi connectivity index (χ1v) is 9.36. The minimum atomic E-state index is -0.443. The molecule has 0 radical (unpaired) electrons. The van der Waals surface area contributed by atoms with Crippen molar-refractivity contribution in [3.8, 4) is 0 Å². The predicted octanol–water partition coefficient (Wildman–Crippen LogP) is 4.50. The molecule has 0 unspecified atom stereocenters. The Hall–Kier alpha value is -3.15. The summed E-state index contributed by atoms with van der Waals surface area (Å²) in [5.41, 5.74) is 7.15. The van der Waals surface area contributed by atoms with Crippen molar-refractivity contribution in [1.29, 1.82) is 0 Å². The summed E-state index contributed by atoms with van der Waals surface area (Å²) in [4.78, 5) is 26.0. The van der Waals surface area contributed by atoms with Crippen molar-refractivity contribution in [2.75, 3.05) is 0 Å². The molecule has 0 saturated carbocycles. The van der Waals surface area contributed by atoms with Crippen LogP contribution in [-0.2, 0) is 11.3 Å². The SMILES string of the molecule is NC(=O)/C=C/c1ccncc1.O=C(NCc1c(Cl)cccc1Cl)c1ccccc1. The van der Waals surface area contributed by atoms with Crippen LogP contribution in [0.3, 0.4) is 0 Å². The van der Waals surface area contributed by atoms with E-state index in [1.165, 1.54) is 6.08 Å². The van der Waals surface area contributed by atoms with Gasteiger partial charge in [-0.15, -0.1) is 0 Å². The largest absolute Gasteiger partial charge is 0.366 e. The molecule has 3 N–H and O–H groups in total. The summed E-state index contributed by atoms with van der Waals surface area (Å²) in [5.74, 6) is -0.589. The topological polar surface area (TPSA) is 85.1 Å². The highest BCUT2D eigenvalue weighted by Gasteiger charge is 2.08. The molecule has 0 saturated heterocycles. The van der Waals surface area contributed by atoms with Crippen LogP contribution in [0.2, 0.25) is 10.0 Å². The van der Waals surface area contributed by atoms with E-state index in [1.54, 1.807) is 60.9 Å². The van der Waals surface area contributed by atoms with Gasteiger partial charge in [0.2, 0.25) is 5.91 Å². The standard InChI is InChI=1S/C14H11Cl2NO.C8H8N2O/c15-12-7-4-8-13(16)11(12)9-17-14(18)10-5-2-1-3-6-10;9-8(11)2-1-7-3-5-10-6-4-7/h1-8H,9H2,(H,17,18);1-6H,(H2,9,11)/b;2-1+. The Morgan fingerprint density at radius 1 is 0.931 bits per heavy atom. The fourth-order valence-corrected chi connectivity index (χ4v) is 2.75. The number of aromatic nitrogens is 1. The average molecular weight is 428 g/mol. The van der Waals surface area contributed by atoms with Gasteiger partial charge >= 0.3 is 0 Å². The summed E-state index contributed by atoms with van der Waals surface area (Å²) in [7, 11) is 0. The lowest BCUT2D eigenvalue weighted by molar-refractivity contribution is -0.113. The molecule has 0 spiro atoms. The molecule has 29 heavy (non-hydrogen) atoms. The zero-order chi connectivity index (χ0) is 21.1. The maximum absolute atomic E-state index is 11.8. The molecular formula is C22H19Cl2N3O2. The molecular weight excluding hydrogens is 409 g/mol. The number of pyridine rings is 1. The Kier molecular flexibility index (Phi) is 8.89. The molecule has 1 heterocycles. The monoisotopic (exact) mass is 427 g/mol. The van der Waals surface area contributed by atoms with E-state index in [9.17, 15) is 9.59 Å². The molecule has 2 aromatic carbocycles. The maximum atomic E-state index is 11.8. The van der Waals surface area contributed by atoms with E-state index in [4.69, 9.17) is 28.9 Å². The molecule has 3 rings (SSSR count). The number of halogens is 2. The van der Waals surface area contributed by atoms with Crippen LogP contribution in [0, 0.1) is 0 Å². The number of nitrogens with zero attached hydrogens (tertiary/aromatic N) is 1. The number of primary amides is 1. The lowest BCUT2D eigenvalue weighted by Gasteiger charge is -2.08. The van der Waals surface area contributed by atoms with E-state index in [0.717, 1.165) is 11.1 Å². The third-order valence-electron chi connectivity index (χ3n) is 3.67. The van der Waals surface area contributed by atoms with Crippen LogP contribution < -0.4 is 11.1 Å². The van der Waals surface area contributed by atoms with Gasteiger partial charge in [0.05, 0.1) is 0 Å². The number of amides is 2. The van der Waals surface area contributed by atoms with Crippen molar-refractivity contribution in [2.45, 2.75) is 6.54 Å². The van der Waals surface area contributed by atoms with Gasteiger partial charge in [0.15, 0.2) is 0 Å². The highest BCUT2D eigenvalue weighted by atomic mass is 35.5. The van der Waals surface area contributed by atoms with E-state index in [0.29, 0.717) is 22.2 Å². The predicted molar refractivity (Wildman–Crippen MR) is 117 cm³/mol. The van der Waals surface area contributed by atoms with Gasteiger partial charge in [0, 0.05) is 46.2 Å². The first-order valence-electron chi connectivity index (χ1n) is 8.61. The summed E-state index contributed by atoms with van der Waals surface area (Å²) < 4.78 is 0. The van der Waals surface area contributed by atoms with Gasteiger partial charge in [-0.1, -0.05) is 47.5 Å². The fourth-order valence-electron chi connectivity index (χ4n) is 2.21. The number of carbonyl (C=O) groups is 2.